The fourth-order valence-electron chi connectivity index (χ4n) is 2.64. The topological polar surface area (TPSA) is 100 Å². The summed E-state index contributed by atoms with van der Waals surface area (Å²) in [5.41, 5.74) is 2.29. The molecule has 0 aliphatic rings. The van der Waals surface area contributed by atoms with Gasteiger partial charge in [0, 0.05) is 5.56 Å². The molecule has 0 bridgehead atoms. The van der Waals surface area contributed by atoms with Gasteiger partial charge in [-0.1, -0.05) is 6.07 Å². The van der Waals surface area contributed by atoms with Gasteiger partial charge in [-0.2, -0.15) is 4.80 Å². The Kier molecular flexibility index (Phi) is 5.73. The number of carbonyl (C=O) groups excluding carboxylic acids is 1. The van der Waals surface area contributed by atoms with Gasteiger partial charge < -0.3 is 19.5 Å². The molecule has 1 amide bonds. The Morgan fingerprint density at radius 2 is 1.71 bits per heavy atom. The van der Waals surface area contributed by atoms with E-state index in [-0.39, 0.29) is 12.5 Å². The van der Waals surface area contributed by atoms with Gasteiger partial charge in [-0.05, 0) is 48.0 Å². The van der Waals surface area contributed by atoms with E-state index in [1.54, 1.807) is 45.6 Å². The normalized spacial score (nSPS) is 10.4. The van der Waals surface area contributed by atoms with Crippen LogP contribution in [-0.2, 0) is 11.3 Å². The van der Waals surface area contributed by atoms with Gasteiger partial charge in [0.2, 0.25) is 11.7 Å². The van der Waals surface area contributed by atoms with Crippen molar-refractivity contribution in [1.29, 1.82) is 0 Å². The first-order valence-corrected chi connectivity index (χ1v) is 8.48. The van der Waals surface area contributed by atoms with E-state index in [0.717, 1.165) is 5.56 Å². The summed E-state index contributed by atoms with van der Waals surface area (Å²) in [7, 11) is 4.67. The Morgan fingerprint density at radius 1 is 1.00 bits per heavy atom. The predicted octanol–water partition coefficient (Wildman–Crippen LogP) is 2.31. The molecule has 0 unspecified atom stereocenters. The van der Waals surface area contributed by atoms with Crippen molar-refractivity contribution in [2.45, 2.75) is 13.5 Å². The van der Waals surface area contributed by atoms with Gasteiger partial charge in [0.25, 0.3) is 0 Å². The van der Waals surface area contributed by atoms with Crippen LogP contribution in [0, 0.1) is 6.92 Å². The van der Waals surface area contributed by atoms with E-state index in [1.165, 1.54) is 4.80 Å². The number of aromatic nitrogens is 4. The second-order valence-corrected chi connectivity index (χ2v) is 5.97. The van der Waals surface area contributed by atoms with E-state index in [1.807, 2.05) is 19.1 Å². The van der Waals surface area contributed by atoms with Crippen LogP contribution in [0.2, 0.25) is 0 Å². The maximum absolute atomic E-state index is 12.4. The molecule has 0 atom stereocenters. The predicted molar refractivity (Wildman–Crippen MR) is 103 cm³/mol. The van der Waals surface area contributed by atoms with Crippen LogP contribution >= 0.6 is 0 Å². The summed E-state index contributed by atoms with van der Waals surface area (Å²) in [6, 6.07) is 10.8. The van der Waals surface area contributed by atoms with E-state index >= 15 is 0 Å². The molecule has 1 heterocycles. The average molecular weight is 383 g/mol. The van der Waals surface area contributed by atoms with E-state index < -0.39 is 0 Å². The lowest BCUT2D eigenvalue weighted by molar-refractivity contribution is -0.117. The third-order valence-corrected chi connectivity index (χ3v) is 4.01. The average Bonchev–Trinajstić information content (AvgIpc) is 3.15. The Labute approximate surface area is 162 Å². The van der Waals surface area contributed by atoms with Crippen LogP contribution in [0.4, 0.5) is 5.69 Å². The molecule has 0 spiro atoms. The molecule has 9 heteroatoms. The number of anilines is 1. The molecule has 2 aromatic carbocycles. The molecule has 28 heavy (non-hydrogen) atoms. The number of benzene rings is 2. The van der Waals surface area contributed by atoms with Gasteiger partial charge in [0.1, 0.15) is 12.3 Å². The van der Waals surface area contributed by atoms with Crippen molar-refractivity contribution in [2.75, 3.05) is 26.6 Å². The first kappa shape index (κ1) is 19.2. The van der Waals surface area contributed by atoms with Crippen molar-refractivity contribution in [1.82, 2.24) is 20.2 Å². The Hall–Kier alpha value is -3.62. The molecule has 0 fully saturated rings. The Bertz CT molecular complexity index is 986. The van der Waals surface area contributed by atoms with E-state index in [4.69, 9.17) is 14.2 Å². The van der Waals surface area contributed by atoms with Crippen LogP contribution < -0.4 is 19.5 Å². The van der Waals surface area contributed by atoms with E-state index in [9.17, 15) is 4.79 Å². The molecular weight excluding hydrogens is 362 g/mol. The number of hydrogen-bond acceptors (Lipinski definition) is 7. The van der Waals surface area contributed by atoms with Gasteiger partial charge in [-0.15, -0.1) is 10.2 Å². The van der Waals surface area contributed by atoms with Gasteiger partial charge in [0.15, 0.2) is 11.5 Å². The zero-order valence-electron chi connectivity index (χ0n) is 16.1. The smallest absolute Gasteiger partial charge is 0.248 e. The summed E-state index contributed by atoms with van der Waals surface area (Å²) < 4.78 is 15.8. The molecular formula is C19H21N5O4. The number of hydrogen-bond donors (Lipinski definition) is 1. The second kappa shape index (κ2) is 8.38. The van der Waals surface area contributed by atoms with Gasteiger partial charge in [-0.3, -0.25) is 4.79 Å². The minimum absolute atomic E-state index is 0.0859. The molecule has 3 aromatic rings. The zero-order chi connectivity index (χ0) is 20.1. The van der Waals surface area contributed by atoms with Crippen LogP contribution in [0.5, 0.6) is 17.2 Å². The summed E-state index contributed by atoms with van der Waals surface area (Å²) in [4.78, 5) is 13.6. The number of amides is 1. The Balaban J connectivity index is 1.73. The first-order valence-electron chi connectivity index (χ1n) is 8.48. The van der Waals surface area contributed by atoms with E-state index in [0.29, 0.717) is 34.3 Å². The van der Waals surface area contributed by atoms with Crippen LogP contribution in [0.1, 0.15) is 5.56 Å². The summed E-state index contributed by atoms with van der Waals surface area (Å²) in [5.74, 6) is 1.82. The minimum atomic E-state index is -0.292. The first-order chi connectivity index (χ1) is 13.5. The fourth-order valence-corrected chi connectivity index (χ4v) is 2.64. The monoisotopic (exact) mass is 383 g/mol. The fraction of sp³-hybridized carbons (Fsp3) is 0.263. The highest BCUT2D eigenvalue weighted by molar-refractivity contribution is 5.92. The molecule has 146 valence electrons. The molecule has 0 saturated carbocycles. The number of methoxy groups -OCH3 is 3. The number of nitrogens with one attached hydrogen (secondary N) is 1. The highest BCUT2D eigenvalue weighted by Crippen LogP contribution is 2.30. The largest absolute Gasteiger partial charge is 0.495 e. The van der Waals surface area contributed by atoms with Crippen LogP contribution in [0.3, 0.4) is 0 Å². The molecule has 0 radical (unpaired) electrons. The number of carbonyl (C=O) groups is 1. The quantitative estimate of drug-likeness (QED) is 0.668. The zero-order valence-corrected chi connectivity index (χ0v) is 16.1. The van der Waals surface area contributed by atoms with Crippen LogP contribution in [-0.4, -0.2) is 47.4 Å². The van der Waals surface area contributed by atoms with Crippen molar-refractivity contribution in [3.8, 4) is 28.6 Å². The molecule has 0 saturated heterocycles. The van der Waals surface area contributed by atoms with Crippen molar-refractivity contribution in [3.63, 3.8) is 0 Å². The third-order valence-electron chi connectivity index (χ3n) is 4.01. The molecule has 0 aliphatic carbocycles. The third kappa shape index (κ3) is 4.20. The maximum Gasteiger partial charge on any atom is 0.248 e. The van der Waals surface area contributed by atoms with Crippen molar-refractivity contribution in [3.05, 3.63) is 42.0 Å². The molecule has 0 aliphatic heterocycles. The number of rotatable bonds is 7. The number of aryl methyl sites for hydroxylation is 1. The SMILES string of the molecule is COc1ccc(C)cc1NC(=O)Cn1nnc(-c2ccc(OC)c(OC)c2)n1. The lowest BCUT2D eigenvalue weighted by Gasteiger charge is -2.10. The van der Waals surface area contributed by atoms with Gasteiger partial charge in [-0.25, -0.2) is 0 Å². The molecule has 9 nitrogen and oxygen atoms in total. The molecule has 1 N–H and O–H groups in total. The lowest BCUT2D eigenvalue weighted by atomic mass is 10.2. The number of ether oxygens (including phenoxy) is 3. The van der Waals surface area contributed by atoms with Crippen molar-refractivity contribution in [2.24, 2.45) is 0 Å². The Morgan fingerprint density at radius 3 is 2.43 bits per heavy atom. The highest BCUT2D eigenvalue weighted by Gasteiger charge is 2.13. The second-order valence-electron chi connectivity index (χ2n) is 5.97. The number of nitrogens with zero attached hydrogens (tertiary/aromatic N) is 4. The summed E-state index contributed by atoms with van der Waals surface area (Å²) in [6.07, 6.45) is 0. The van der Waals surface area contributed by atoms with Crippen molar-refractivity contribution < 1.29 is 19.0 Å². The minimum Gasteiger partial charge on any atom is -0.495 e. The summed E-state index contributed by atoms with van der Waals surface area (Å²) in [5, 5.41) is 15.0. The van der Waals surface area contributed by atoms with Crippen molar-refractivity contribution >= 4 is 11.6 Å². The standard InChI is InChI=1S/C19H21N5O4/c1-12-5-7-15(26-2)14(9-12)20-18(25)11-24-22-19(21-23-24)13-6-8-16(27-3)17(10-13)28-4/h5-10H,11H2,1-4H3,(H,20,25). The molecule has 3 rings (SSSR count). The van der Waals surface area contributed by atoms with Gasteiger partial charge >= 0.3 is 0 Å². The van der Waals surface area contributed by atoms with E-state index in [2.05, 4.69) is 20.7 Å². The maximum atomic E-state index is 12.4. The number of tetrazole rings is 1. The summed E-state index contributed by atoms with van der Waals surface area (Å²) in [6.45, 7) is 1.85. The summed E-state index contributed by atoms with van der Waals surface area (Å²) >= 11 is 0. The lowest BCUT2D eigenvalue weighted by Crippen LogP contribution is -2.20. The van der Waals surface area contributed by atoms with Crippen LogP contribution in [0.25, 0.3) is 11.4 Å². The highest BCUT2D eigenvalue weighted by atomic mass is 16.5. The molecule has 1 aromatic heterocycles. The van der Waals surface area contributed by atoms with Gasteiger partial charge in [0.05, 0.1) is 27.0 Å². The van der Waals surface area contributed by atoms with Crippen LogP contribution in [0.15, 0.2) is 36.4 Å².